The number of benzene rings is 2. The summed E-state index contributed by atoms with van der Waals surface area (Å²) in [5.74, 6) is 0.441. The SMILES string of the molecule is Cn1c(SCC(=O)NCc2ccc(Cl)cc2)nnc1-c1ccc(F)cc1. The Morgan fingerprint density at radius 1 is 1.15 bits per heavy atom. The highest BCUT2D eigenvalue weighted by atomic mass is 35.5. The van der Waals surface area contributed by atoms with Crippen molar-refractivity contribution >= 4 is 29.3 Å². The lowest BCUT2D eigenvalue weighted by molar-refractivity contribution is -0.118. The van der Waals surface area contributed by atoms with Gasteiger partial charge in [-0.1, -0.05) is 35.5 Å². The zero-order valence-corrected chi connectivity index (χ0v) is 15.5. The minimum absolute atomic E-state index is 0.101. The molecule has 0 atom stereocenters. The number of halogens is 2. The zero-order valence-electron chi connectivity index (χ0n) is 13.9. The third kappa shape index (κ3) is 4.62. The van der Waals surface area contributed by atoms with Crippen LogP contribution in [0.3, 0.4) is 0 Å². The van der Waals surface area contributed by atoms with Crippen molar-refractivity contribution in [2.24, 2.45) is 7.05 Å². The van der Waals surface area contributed by atoms with Crippen LogP contribution in [0.25, 0.3) is 11.4 Å². The zero-order chi connectivity index (χ0) is 18.5. The summed E-state index contributed by atoms with van der Waals surface area (Å²) in [7, 11) is 1.81. The molecule has 1 heterocycles. The Kier molecular flexibility index (Phi) is 5.90. The quantitative estimate of drug-likeness (QED) is 0.652. The van der Waals surface area contributed by atoms with Gasteiger partial charge in [-0.3, -0.25) is 4.79 Å². The lowest BCUT2D eigenvalue weighted by atomic mass is 10.2. The maximum Gasteiger partial charge on any atom is 0.230 e. The molecule has 0 radical (unpaired) electrons. The summed E-state index contributed by atoms with van der Waals surface area (Å²) >= 11 is 7.13. The standard InChI is InChI=1S/C18H16ClFN4OS/c1-24-17(13-4-8-15(20)9-5-13)22-23-18(24)26-11-16(25)21-10-12-2-6-14(19)7-3-12/h2-9H,10-11H2,1H3,(H,21,25). The first-order valence-electron chi connectivity index (χ1n) is 7.82. The molecular weight excluding hydrogens is 375 g/mol. The van der Waals surface area contributed by atoms with Crippen LogP contribution in [0.15, 0.2) is 53.7 Å². The number of aromatic nitrogens is 3. The van der Waals surface area contributed by atoms with Crippen molar-refractivity contribution in [3.05, 3.63) is 64.9 Å². The Morgan fingerprint density at radius 3 is 2.54 bits per heavy atom. The number of nitrogens with zero attached hydrogens (tertiary/aromatic N) is 3. The summed E-state index contributed by atoms with van der Waals surface area (Å²) in [6.07, 6.45) is 0. The Bertz CT molecular complexity index is 897. The van der Waals surface area contributed by atoms with Crippen LogP contribution in [-0.4, -0.2) is 26.4 Å². The molecule has 0 aliphatic rings. The van der Waals surface area contributed by atoms with Gasteiger partial charge in [-0.15, -0.1) is 10.2 Å². The first kappa shape index (κ1) is 18.4. The fraction of sp³-hybridized carbons (Fsp3) is 0.167. The van der Waals surface area contributed by atoms with Gasteiger partial charge in [-0.05, 0) is 42.0 Å². The Morgan fingerprint density at radius 2 is 1.85 bits per heavy atom. The van der Waals surface area contributed by atoms with Crippen molar-refractivity contribution in [1.82, 2.24) is 20.1 Å². The van der Waals surface area contributed by atoms with Crippen LogP contribution in [0.1, 0.15) is 5.56 Å². The maximum absolute atomic E-state index is 13.0. The van der Waals surface area contributed by atoms with E-state index in [0.29, 0.717) is 22.5 Å². The summed E-state index contributed by atoms with van der Waals surface area (Å²) in [4.78, 5) is 12.0. The van der Waals surface area contributed by atoms with E-state index in [9.17, 15) is 9.18 Å². The fourth-order valence-electron chi connectivity index (χ4n) is 2.27. The van der Waals surface area contributed by atoms with Crippen LogP contribution in [0.4, 0.5) is 4.39 Å². The molecule has 0 spiro atoms. The molecule has 0 aliphatic carbocycles. The predicted molar refractivity (Wildman–Crippen MR) is 100 cm³/mol. The molecule has 5 nitrogen and oxygen atoms in total. The average Bonchev–Trinajstić information content (AvgIpc) is 3.01. The Labute approximate surface area is 159 Å². The number of carbonyl (C=O) groups excluding carboxylic acids is 1. The number of hydrogen-bond acceptors (Lipinski definition) is 4. The minimum atomic E-state index is -0.303. The van der Waals surface area contributed by atoms with Crippen molar-refractivity contribution in [2.75, 3.05) is 5.75 Å². The second-order valence-corrected chi connectivity index (χ2v) is 6.94. The highest BCUT2D eigenvalue weighted by Crippen LogP contribution is 2.22. The van der Waals surface area contributed by atoms with E-state index in [0.717, 1.165) is 11.1 Å². The lowest BCUT2D eigenvalue weighted by Gasteiger charge is -2.06. The molecule has 3 rings (SSSR count). The molecule has 0 bridgehead atoms. The van der Waals surface area contributed by atoms with Crippen molar-refractivity contribution < 1.29 is 9.18 Å². The average molecular weight is 391 g/mol. The summed E-state index contributed by atoms with van der Waals surface area (Å²) in [5.41, 5.74) is 1.74. The first-order chi connectivity index (χ1) is 12.5. The molecule has 1 N–H and O–H groups in total. The van der Waals surface area contributed by atoms with E-state index in [4.69, 9.17) is 11.6 Å². The van der Waals surface area contributed by atoms with Crippen molar-refractivity contribution in [2.45, 2.75) is 11.7 Å². The van der Waals surface area contributed by atoms with Gasteiger partial charge in [-0.2, -0.15) is 0 Å². The predicted octanol–water partition coefficient (Wildman–Crippen LogP) is 3.68. The van der Waals surface area contributed by atoms with Gasteiger partial charge in [0.2, 0.25) is 5.91 Å². The van der Waals surface area contributed by atoms with Gasteiger partial charge in [0.25, 0.3) is 0 Å². The van der Waals surface area contributed by atoms with Gasteiger partial charge >= 0.3 is 0 Å². The largest absolute Gasteiger partial charge is 0.351 e. The summed E-state index contributed by atoms with van der Waals surface area (Å²) in [6, 6.07) is 13.4. The van der Waals surface area contributed by atoms with Crippen LogP contribution in [0, 0.1) is 5.82 Å². The molecule has 0 aliphatic heterocycles. The van der Waals surface area contributed by atoms with Crippen LogP contribution < -0.4 is 5.32 Å². The molecular formula is C18H16ClFN4OS. The van der Waals surface area contributed by atoms with Crippen molar-refractivity contribution in [3.63, 3.8) is 0 Å². The molecule has 26 heavy (non-hydrogen) atoms. The van der Waals surface area contributed by atoms with Gasteiger partial charge in [0.1, 0.15) is 5.82 Å². The third-order valence-corrected chi connectivity index (χ3v) is 4.94. The van der Waals surface area contributed by atoms with E-state index in [-0.39, 0.29) is 17.5 Å². The minimum Gasteiger partial charge on any atom is -0.351 e. The Hall–Kier alpha value is -2.38. The maximum atomic E-state index is 13.0. The van der Waals surface area contributed by atoms with E-state index in [1.54, 1.807) is 28.8 Å². The normalized spacial score (nSPS) is 10.7. The van der Waals surface area contributed by atoms with E-state index < -0.39 is 0 Å². The molecule has 2 aromatic carbocycles. The molecule has 0 saturated carbocycles. The summed E-state index contributed by atoms with van der Waals surface area (Å²) in [5, 5.41) is 12.4. The first-order valence-corrected chi connectivity index (χ1v) is 9.18. The number of amides is 1. The monoisotopic (exact) mass is 390 g/mol. The van der Waals surface area contributed by atoms with Crippen LogP contribution in [-0.2, 0) is 18.4 Å². The Balaban J connectivity index is 1.55. The fourth-order valence-corrected chi connectivity index (χ4v) is 3.14. The van der Waals surface area contributed by atoms with Gasteiger partial charge < -0.3 is 9.88 Å². The van der Waals surface area contributed by atoms with Gasteiger partial charge in [0.05, 0.1) is 5.75 Å². The number of thioether (sulfide) groups is 1. The number of nitrogens with one attached hydrogen (secondary N) is 1. The van der Waals surface area contributed by atoms with Crippen LogP contribution in [0.5, 0.6) is 0 Å². The molecule has 0 saturated heterocycles. The number of carbonyl (C=O) groups is 1. The molecule has 134 valence electrons. The molecule has 1 aromatic heterocycles. The van der Waals surface area contributed by atoms with Gasteiger partial charge in [-0.25, -0.2) is 4.39 Å². The van der Waals surface area contributed by atoms with Crippen LogP contribution in [0.2, 0.25) is 5.02 Å². The lowest BCUT2D eigenvalue weighted by Crippen LogP contribution is -2.24. The molecule has 0 unspecified atom stereocenters. The van der Waals surface area contributed by atoms with Crippen LogP contribution >= 0.6 is 23.4 Å². The van der Waals surface area contributed by atoms with E-state index >= 15 is 0 Å². The van der Waals surface area contributed by atoms with E-state index in [1.165, 1.54) is 23.9 Å². The van der Waals surface area contributed by atoms with Gasteiger partial charge in [0, 0.05) is 24.2 Å². The highest BCUT2D eigenvalue weighted by Gasteiger charge is 2.13. The second kappa shape index (κ2) is 8.33. The number of rotatable bonds is 6. The smallest absolute Gasteiger partial charge is 0.230 e. The molecule has 8 heteroatoms. The van der Waals surface area contributed by atoms with Gasteiger partial charge in [0.15, 0.2) is 11.0 Å². The van der Waals surface area contributed by atoms with E-state index in [1.807, 2.05) is 19.2 Å². The van der Waals surface area contributed by atoms with E-state index in [2.05, 4.69) is 15.5 Å². The molecule has 1 amide bonds. The highest BCUT2D eigenvalue weighted by molar-refractivity contribution is 7.99. The second-order valence-electron chi connectivity index (χ2n) is 5.56. The van der Waals surface area contributed by atoms with Crippen molar-refractivity contribution in [1.29, 1.82) is 0 Å². The third-order valence-electron chi connectivity index (χ3n) is 3.67. The van der Waals surface area contributed by atoms with Crippen molar-refractivity contribution in [3.8, 4) is 11.4 Å². The summed E-state index contributed by atoms with van der Waals surface area (Å²) in [6.45, 7) is 0.441. The summed E-state index contributed by atoms with van der Waals surface area (Å²) < 4.78 is 14.8. The molecule has 3 aromatic rings. The number of hydrogen-bond donors (Lipinski definition) is 1. The molecule has 0 fully saturated rings. The topological polar surface area (TPSA) is 59.8 Å².